The van der Waals surface area contributed by atoms with Crippen LogP contribution in [0, 0.1) is 19.3 Å². The molecule has 3 aromatic carbocycles. The molecule has 180 valence electrons. The maximum Gasteiger partial charge on any atom is 0.246 e. The number of hydrogen-bond donors (Lipinski definition) is 2. The molecule has 1 saturated heterocycles. The van der Waals surface area contributed by atoms with E-state index in [1.165, 1.54) is 11.1 Å². The molecule has 5 rings (SSSR count). The lowest BCUT2D eigenvalue weighted by atomic mass is 10.0. The van der Waals surface area contributed by atoms with Crippen LogP contribution >= 0.6 is 0 Å². The average Bonchev–Trinajstić information content (AvgIpc) is 3.13. The van der Waals surface area contributed by atoms with Gasteiger partial charge in [-0.15, -0.1) is 0 Å². The highest BCUT2D eigenvalue weighted by Crippen LogP contribution is 2.28. The summed E-state index contributed by atoms with van der Waals surface area (Å²) in [7, 11) is 0. The third-order valence-corrected chi connectivity index (χ3v) is 7.12. The minimum atomic E-state index is -0.575. The van der Waals surface area contributed by atoms with Crippen LogP contribution in [0.1, 0.15) is 41.3 Å². The van der Waals surface area contributed by atoms with Crippen molar-refractivity contribution in [2.24, 2.45) is 0 Å². The first kappa shape index (κ1) is 23.1. The predicted octanol–water partition coefficient (Wildman–Crippen LogP) is 4.14. The molecule has 1 aromatic heterocycles. The smallest absolute Gasteiger partial charge is 0.246 e. The highest BCUT2D eigenvalue weighted by Gasteiger charge is 2.36. The van der Waals surface area contributed by atoms with Crippen molar-refractivity contribution in [3.05, 3.63) is 101 Å². The van der Waals surface area contributed by atoms with Crippen molar-refractivity contribution in [2.75, 3.05) is 13.1 Å². The molecular formula is C29H32N4O2. The molecule has 0 aliphatic carbocycles. The van der Waals surface area contributed by atoms with Crippen LogP contribution < -0.4 is 5.62 Å². The molecule has 0 radical (unpaired) electrons. The molecule has 0 spiro atoms. The van der Waals surface area contributed by atoms with Gasteiger partial charge in [0, 0.05) is 19.5 Å². The van der Waals surface area contributed by atoms with E-state index in [9.17, 15) is 15.3 Å². The Morgan fingerprint density at radius 2 is 1.46 bits per heavy atom. The van der Waals surface area contributed by atoms with Crippen LogP contribution in [-0.2, 0) is 11.2 Å². The largest absolute Gasteiger partial charge is 0.389 e. The van der Waals surface area contributed by atoms with Crippen molar-refractivity contribution < 1.29 is 9.90 Å². The van der Waals surface area contributed by atoms with E-state index < -0.39 is 12.1 Å². The quantitative estimate of drug-likeness (QED) is 0.446. The molecule has 2 heterocycles. The minimum Gasteiger partial charge on any atom is -0.389 e. The summed E-state index contributed by atoms with van der Waals surface area (Å²) in [6.07, 6.45) is 0.0113. The molecular weight excluding hydrogens is 436 g/mol. The van der Waals surface area contributed by atoms with Gasteiger partial charge in [0.1, 0.15) is 6.04 Å². The van der Waals surface area contributed by atoms with Gasteiger partial charge in [0.05, 0.1) is 23.2 Å². The van der Waals surface area contributed by atoms with Crippen LogP contribution in [-0.4, -0.2) is 44.2 Å². The van der Waals surface area contributed by atoms with Crippen LogP contribution in [0.25, 0.3) is 11.0 Å². The fourth-order valence-electron chi connectivity index (χ4n) is 5.00. The first-order valence-electron chi connectivity index (χ1n) is 12.2. The fourth-order valence-corrected chi connectivity index (χ4v) is 5.00. The summed E-state index contributed by atoms with van der Waals surface area (Å²) in [6.45, 7) is 6.90. The van der Waals surface area contributed by atoms with E-state index in [0.29, 0.717) is 25.1 Å². The number of carbonyl (C=O) groups excluding carboxylic acids is 1. The summed E-state index contributed by atoms with van der Waals surface area (Å²) in [5, 5.41) is 19.1. The summed E-state index contributed by atoms with van der Waals surface area (Å²) in [5.74, 6) is -0.0553. The summed E-state index contributed by atoms with van der Waals surface area (Å²) >= 11 is 0. The molecule has 6 heteroatoms. The number of amides is 1. The van der Waals surface area contributed by atoms with Crippen LogP contribution in [0.4, 0.5) is 0 Å². The van der Waals surface area contributed by atoms with Gasteiger partial charge in [0.25, 0.3) is 0 Å². The minimum absolute atomic E-state index is 0.0553. The van der Waals surface area contributed by atoms with Gasteiger partial charge in [-0.05, 0) is 44.0 Å². The number of likely N-dealkylation sites (tertiary alicyclic amines) is 1. The number of aryl methyl sites for hydroxylation is 2. The molecule has 1 aliphatic rings. The van der Waals surface area contributed by atoms with Gasteiger partial charge < -0.3 is 14.6 Å². The number of hydrogen-bond acceptors (Lipinski definition) is 3. The zero-order chi connectivity index (χ0) is 24.7. The third kappa shape index (κ3) is 4.30. The van der Waals surface area contributed by atoms with E-state index in [4.69, 9.17) is 0 Å². The number of aliphatic hydroxyl groups excluding tert-OH is 1. The number of para-hydroxylation sites is 2. The molecule has 1 fully saturated rings. The van der Waals surface area contributed by atoms with Gasteiger partial charge in [0.2, 0.25) is 11.5 Å². The van der Waals surface area contributed by atoms with Crippen LogP contribution in [0.2, 0.25) is 0 Å². The Kier molecular flexibility index (Phi) is 6.07. The molecule has 1 unspecified atom stereocenters. The Balaban J connectivity index is 1.65. The Morgan fingerprint density at radius 1 is 0.914 bits per heavy atom. The Morgan fingerprint density at radius 3 is 2.03 bits per heavy atom. The Bertz CT molecular complexity index is 1410. The van der Waals surface area contributed by atoms with E-state index in [-0.39, 0.29) is 11.9 Å². The summed E-state index contributed by atoms with van der Waals surface area (Å²) < 4.78 is 3.90. The number of aliphatic hydroxyl groups is 1. The molecule has 1 aliphatic heterocycles. The number of rotatable bonds is 6. The van der Waals surface area contributed by atoms with Crippen LogP contribution in [0.15, 0.2) is 72.8 Å². The van der Waals surface area contributed by atoms with Gasteiger partial charge in [-0.2, -0.15) is 0 Å². The van der Waals surface area contributed by atoms with Crippen molar-refractivity contribution in [3.8, 4) is 0 Å². The number of aromatic nitrogens is 2. The number of benzene rings is 3. The summed E-state index contributed by atoms with van der Waals surface area (Å²) in [5.41, 5.74) is 6.61. The lowest BCUT2D eigenvalue weighted by molar-refractivity contribution is -0.145. The van der Waals surface area contributed by atoms with Crippen molar-refractivity contribution in [1.29, 1.82) is 5.41 Å². The van der Waals surface area contributed by atoms with Gasteiger partial charge in [-0.25, -0.2) is 0 Å². The topological polar surface area (TPSA) is 74.2 Å². The second-order valence-electron chi connectivity index (χ2n) is 9.74. The second kappa shape index (κ2) is 9.19. The number of β-amino-alcohol motifs (C(OH)–C–C–N with tert-alkyl or cyclic N) is 1. The van der Waals surface area contributed by atoms with E-state index in [2.05, 4.69) is 62.4 Å². The van der Waals surface area contributed by atoms with Crippen LogP contribution in [0.3, 0.4) is 0 Å². The number of imidazole rings is 1. The molecule has 35 heavy (non-hydrogen) atoms. The number of fused-ring (bicyclic) bond motifs is 1. The zero-order valence-corrected chi connectivity index (χ0v) is 20.5. The standard InChI is InChI=1S/C29H32N4O2/c1-19-8-12-22(13-9-19)16-27(28(35)31-17-24(34)18-31)33-26-7-5-4-6-25(26)32(29(33)30)21(3)23-14-10-20(2)11-15-23/h4-15,21,24,27,30,34H,16-18H2,1-3H3/t21?,27-/m0/s1. The first-order chi connectivity index (χ1) is 16.8. The normalized spacial score (nSPS) is 15.7. The van der Waals surface area contributed by atoms with Crippen molar-refractivity contribution in [2.45, 2.75) is 45.4 Å². The molecule has 1 amide bonds. The van der Waals surface area contributed by atoms with Gasteiger partial charge in [-0.1, -0.05) is 71.8 Å². The SMILES string of the molecule is Cc1ccc(C[C@@H](C(=O)N2CC(O)C2)n2c(=N)n(C(C)c3ccc(C)cc3)c3ccccc32)cc1. The Labute approximate surface area is 205 Å². The fraction of sp³-hybridized carbons (Fsp3) is 0.310. The van der Waals surface area contributed by atoms with Crippen molar-refractivity contribution >= 4 is 16.9 Å². The maximum absolute atomic E-state index is 13.7. The predicted molar refractivity (Wildman–Crippen MR) is 137 cm³/mol. The van der Waals surface area contributed by atoms with Gasteiger partial charge >= 0.3 is 0 Å². The van der Waals surface area contributed by atoms with Crippen LogP contribution in [0.5, 0.6) is 0 Å². The van der Waals surface area contributed by atoms with E-state index >= 15 is 0 Å². The number of nitrogens with one attached hydrogen (secondary N) is 1. The lowest BCUT2D eigenvalue weighted by Gasteiger charge is -2.38. The number of nitrogens with zero attached hydrogens (tertiary/aromatic N) is 3. The van der Waals surface area contributed by atoms with E-state index in [1.54, 1.807) is 4.90 Å². The molecule has 2 N–H and O–H groups in total. The molecule has 2 atom stereocenters. The second-order valence-corrected chi connectivity index (χ2v) is 9.74. The first-order valence-corrected chi connectivity index (χ1v) is 12.2. The average molecular weight is 469 g/mol. The van der Waals surface area contributed by atoms with Gasteiger partial charge in [-0.3, -0.25) is 14.8 Å². The number of carbonyl (C=O) groups is 1. The monoisotopic (exact) mass is 468 g/mol. The maximum atomic E-state index is 13.7. The third-order valence-electron chi connectivity index (χ3n) is 7.12. The summed E-state index contributed by atoms with van der Waals surface area (Å²) in [6, 6.07) is 23.9. The zero-order valence-electron chi connectivity index (χ0n) is 20.5. The van der Waals surface area contributed by atoms with Crippen molar-refractivity contribution in [1.82, 2.24) is 14.0 Å². The molecule has 0 bridgehead atoms. The van der Waals surface area contributed by atoms with E-state index in [1.807, 2.05) is 40.3 Å². The van der Waals surface area contributed by atoms with Crippen molar-refractivity contribution in [3.63, 3.8) is 0 Å². The highest BCUT2D eigenvalue weighted by molar-refractivity contribution is 5.85. The highest BCUT2D eigenvalue weighted by atomic mass is 16.3. The van der Waals surface area contributed by atoms with Gasteiger partial charge in [0.15, 0.2) is 0 Å². The van der Waals surface area contributed by atoms with E-state index in [0.717, 1.165) is 22.2 Å². The molecule has 4 aromatic rings. The lowest BCUT2D eigenvalue weighted by Crippen LogP contribution is -2.56. The molecule has 0 saturated carbocycles. The Hall–Kier alpha value is -3.64. The molecule has 6 nitrogen and oxygen atoms in total. The summed E-state index contributed by atoms with van der Waals surface area (Å²) in [4.78, 5) is 15.4.